The van der Waals surface area contributed by atoms with Crippen molar-refractivity contribution < 1.29 is 14.3 Å². The van der Waals surface area contributed by atoms with Gasteiger partial charge in [-0.05, 0) is 39.3 Å². The standard InChI is InChI=1S/C19H29N5O3/c1-19(2,3)23-16(25)12-22-18(20-4)21-10-7-11-24-14-8-5-6-9-15(14)27-13-17(24)26/h5-6,8-9H,7,10-13H2,1-4H3,(H,23,25)(H2,20,21,22). The number of fused-ring (bicyclic) bond motifs is 1. The number of amides is 2. The number of rotatable bonds is 6. The summed E-state index contributed by atoms with van der Waals surface area (Å²) in [5.74, 6) is 1.14. The molecule has 0 aliphatic carbocycles. The van der Waals surface area contributed by atoms with Gasteiger partial charge in [0.25, 0.3) is 5.91 Å². The lowest BCUT2D eigenvalue weighted by Crippen LogP contribution is -2.48. The second-order valence-electron chi connectivity index (χ2n) is 7.31. The molecular weight excluding hydrogens is 346 g/mol. The van der Waals surface area contributed by atoms with E-state index in [0.29, 0.717) is 19.0 Å². The van der Waals surface area contributed by atoms with Gasteiger partial charge < -0.3 is 25.6 Å². The van der Waals surface area contributed by atoms with Crippen LogP contribution in [-0.4, -0.2) is 56.6 Å². The van der Waals surface area contributed by atoms with Crippen molar-refractivity contribution in [2.45, 2.75) is 32.7 Å². The second-order valence-corrected chi connectivity index (χ2v) is 7.31. The van der Waals surface area contributed by atoms with Crippen molar-refractivity contribution in [2.24, 2.45) is 4.99 Å². The lowest BCUT2D eigenvalue weighted by molar-refractivity contribution is -0.122. The average Bonchev–Trinajstić information content (AvgIpc) is 2.61. The molecule has 0 bridgehead atoms. The predicted octanol–water partition coefficient (Wildman–Crippen LogP) is 0.882. The highest BCUT2D eigenvalue weighted by Crippen LogP contribution is 2.31. The van der Waals surface area contributed by atoms with Gasteiger partial charge in [0.2, 0.25) is 5.91 Å². The van der Waals surface area contributed by atoms with Gasteiger partial charge >= 0.3 is 0 Å². The van der Waals surface area contributed by atoms with Crippen molar-refractivity contribution in [1.82, 2.24) is 16.0 Å². The van der Waals surface area contributed by atoms with Crippen molar-refractivity contribution in [3.8, 4) is 5.75 Å². The average molecular weight is 375 g/mol. The maximum atomic E-state index is 12.1. The van der Waals surface area contributed by atoms with Gasteiger partial charge in [0.1, 0.15) is 5.75 Å². The highest BCUT2D eigenvalue weighted by atomic mass is 16.5. The molecule has 0 unspecified atom stereocenters. The van der Waals surface area contributed by atoms with Gasteiger partial charge in [-0.15, -0.1) is 0 Å². The minimum absolute atomic E-state index is 0.0462. The zero-order valence-corrected chi connectivity index (χ0v) is 16.5. The Morgan fingerprint density at radius 3 is 2.70 bits per heavy atom. The first-order valence-corrected chi connectivity index (χ1v) is 9.08. The van der Waals surface area contributed by atoms with E-state index in [1.54, 1.807) is 11.9 Å². The first-order valence-electron chi connectivity index (χ1n) is 9.08. The fourth-order valence-electron chi connectivity index (χ4n) is 2.69. The van der Waals surface area contributed by atoms with Crippen LogP contribution in [0.25, 0.3) is 0 Å². The molecule has 0 spiro atoms. The van der Waals surface area contributed by atoms with Crippen LogP contribution in [0.2, 0.25) is 0 Å². The summed E-state index contributed by atoms with van der Waals surface area (Å²) in [6.45, 7) is 7.21. The van der Waals surface area contributed by atoms with E-state index in [-0.39, 0.29) is 30.5 Å². The van der Waals surface area contributed by atoms with Crippen LogP contribution in [0, 0.1) is 0 Å². The Bertz CT molecular complexity index is 697. The van der Waals surface area contributed by atoms with Gasteiger partial charge in [-0.1, -0.05) is 12.1 Å². The quantitative estimate of drug-likeness (QED) is 0.390. The Kier molecular flexibility index (Phi) is 7.04. The van der Waals surface area contributed by atoms with Crippen LogP contribution in [0.3, 0.4) is 0 Å². The molecule has 0 atom stereocenters. The maximum absolute atomic E-state index is 12.1. The van der Waals surface area contributed by atoms with E-state index in [9.17, 15) is 9.59 Å². The summed E-state index contributed by atoms with van der Waals surface area (Å²) in [6, 6.07) is 7.52. The molecule has 1 aromatic carbocycles. The van der Waals surface area contributed by atoms with E-state index >= 15 is 0 Å². The number of benzene rings is 1. The second kappa shape index (κ2) is 9.25. The lowest BCUT2D eigenvalue weighted by atomic mass is 10.1. The third-order valence-corrected chi connectivity index (χ3v) is 3.81. The Balaban J connectivity index is 1.75. The van der Waals surface area contributed by atoms with Crippen LogP contribution in [0.1, 0.15) is 27.2 Å². The number of anilines is 1. The highest BCUT2D eigenvalue weighted by Gasteiger charge is 2.24. The van der Waals surface area contributed by atoms with Crippen molar-refractivity contribution in [3.05, 3.63) is 24.3 Å². The van der Waals surface area contributed by atoms with E-state index in [0.717, 1.165) is 17.9 Å². The monoisotopic (exact) mass is 375 g/mol. The van der Waals surface area contributed by atoms with Gasteiger partial charge in [-0.3, -0.25) is 14.6 Å². The molecule has 0 saturated carbocycles. The Labute approximate surface area is 160 Å². The van der Waals surface area contributed by atoms with Gasteiger partial charge in [-0.25, -0.2) is 0 Å². The van der Waals surface area contributed by atoms with Crippen molar-refractivity contribution in [2.75, 3.05) is 38.2 Å². The van der Waals surface area contributed by atoms with E-state index < -0.39 is 0 Å². The molecule has 2 rings (SSSR count). The Morgan fingerprint density at radius 1 is 1.26 bits per heavy atom. The van der Waals surface area contributed by atoms with Crippen LogP contribution in [0.5, 0.6) is 5.75 Å². The molecule has 8 heteroatoms. The number of hydrogen-bond donors (Lipinski definition) is 3. The third kappa shape index (κ3) is 6.47. The molecular formula is C19H29N5O3. The van der Waals surface area contributed by atoms with Gasteiger partial charge in [-0.2, -0.15) is 0 Å². The number of nitrogens with one attached hydrogen (secondary N) is 3. The smallest absolute Gasteiger partial charge is 0.265 e. The number of guanidine groups is 1. The molecule has 1 heterocycles. The van der Waals surface area contributed by atoms with Crippen LogP contribution in [0.15, 0.2) is 29.3 Å². The Morgan fingerprint density at radius 2 is 2.00 bits per heavy atom. The molecule has 0 radical (unpaired) electrons. The third-order valence-electron chi connectivity index (χ3n) is 3.81. The summed E-state index contributed by atoms with van der Waals surface area (Å²) in [6.07, 6.45) is 0.731. The molecule has 0 fully saturated rings. The lowest BCUT2D eigenvalue weighted by Gasteiger charge is -2.29. The molecule has 27 heavy (non-hydrogen) atoms. The minimum atomic E-state index is -0.267. The summed E-state index contributed by atoms with van der Waals surface area (Å²) in [5.41, 5.74) is 0.534. The molecule has 2 amide bonds. The van der Waals surface area contributed by atoms with E-state index in [2.05, 4.69) is 20.9 Å². The zero-order valence-electron chi connectivity index (χ0n) is 16.5. The minimum Gasteiger partial charge on any atom is -0.482 e. The fourth-order valence-corrected chi connectivity index (χ4v) is 2.69. The van der Waals surface area contributed by atoms with Crippen LogP contribution in [-0.2, 0) is 9.59 Å². The topological polar surface area (TPSA) is 95.1 Å². The fraction of sp³-hybridized carbons (Fsp3) is 0.526. The first-order chi connectivity index (χ1) is 12.8. The number of para-hydroxylation sites is 2. The van der Waals surface area contributed by atoms with Gasteiger partial charge in [0, 0.05) is 25.7 Å². The number of carbonyl (C=O) groups is 2. The number of ether oxygens (including phenoxy) is 1. The molecule has 148 valence electrons. The van der Waals surface area contributed by atoms with Crippen molar-refractivity contribution in [1.29, 1.82) is 0 Å². The summed E-state index contributed by atoms with van der Waals surface area (Å²) < 4.78 is 5.44. The van der Waals surface area contributed by atoms with Crippen molar-refractivity contribution in [3.63, 3.8) is 0 Å². The molecule has 1 aliphatic heterocycles. The molecule has 3 N–H and O–H groups in total. The summed E-state index contributed by atoms with van der Waals surface area (Å²) in [4.78, 5) is 29.8. The number of aliphatic imine (C=N–C) groups is 1. The molecule has 1 aliphatic rings. The van der Waals surface area contributed by atoms with Crippen LogP contribution in [0.4, 0.5) is 5.69 Å². The maximum Gasteiger partial charge on any atom is 0.265 e. The normalized spacial score (nSPS) is 14.3. The van der Waals surface area contributed by atoms with Crippen LogP contribution >= 0.6 is 0 Å². The molecule has 8 nitrogen and oxygen atoms in total. The predicted molar refractivity (Wildman–Crippen MR) is 106 cm³/mol. The number of nitrogens with zero attached hydrogens (tertiary/aromatic N) is 2. The van der Waals surface area contributed by atoms with E-state index in [1.165, 1.54) is 0 Å². The SMILES string of the molecule is CN=C(NCCCN1C(=O)COc2ccccc21)NCC(=O)NC(C)(C)C. The first kappa shape index (κ1) is 20.5. The van der Waals surface area contributed by atoms with Crippen molar-refractivity contribution >= 4 is 23.5 Å². The van der Waals surface area contributed by atoms with E-state index in [1.807, 2.05) is 45.0 Å². The van der Waals surface area contributed by atoms with E-state index in [4.69, 9.17) is 4.74 Å². The molecule has 1 aromatic rings. The largest absolute Gasteiger partial charge is 0.482 e. The zero-order chi connectivity index (χ0) is 19.9. The summed E-state index contributed by atoms with van der Waals surface area (Å²) in [7, 11) is 1.65. The Hall–Kier alpha value is -2.77. The van der Waals surface area contributed by atoms with Gasteiger partial charge in [0.05, 0.1) is 12.2 Å². The van der Waals surface area contributed by atoms with Crippen LogP contribution < -0.4 is 25.6 Å². The molecule has 0 saturated heterocycles. The van der Waals surface area contributed by atoms with Gasteiger partial charge in [0.15, 0.2) is 12.6 Å². The summed E-state index contributed by atoms with van der Waals surface area (Å²) in [5, 5.41) is 9.02. The highest BCUT2D eigenvalue weighted by molar-refractivity contribution is 5.97. The summed E-state index contributed by atoms with van der Waals surface area (Å²) >= 11 is 0. The number of carbonyl (C=O) groups excluding carboxylic acids is 2. The molecule has 0 aromatic heterocycles. The number of hydrogen-bond acceptors (Lipinski definition) is 4.